The number of benzene rings is 2. The molecule has 2 aromatic carbocycles. The van der Waals surface area contributed by atoms with E-state index in [4.69, 9.17) is 0 Å². The van der Waals surface area contributed by atoms with Crippen molar-refractivity contribution in [2.45, 2.75) is 6.18 Å². The Balaban J connectivity index is 1.77. The highest BCUT2D eigenvalue weighted by Crippen LogP contribution is 2.36. The minimum absolute atomic E-state index is 0.142. The fraction of sp³-hybridized carbons (Fsp3) is 0.0500. The van der Waals surface area contributed by atoms with Gasteiger partial charge in [0, 0.05) is 17.3 Å². The van der Waals surface area contributed by atoms with E-state index in [9.17, 15) is 18.0 Å². The number of aromatic nitrogens is 3. The van der Waals surface area contributed by atoms with Gasteiger partial charge in [-0.2, -0.15) is 13.2 Å². The molecule has 0 aliphatic heterocycles. The molecule has 0 saturated carbocycles. The van der Waals surface area contributed by atoms with E-state index >= 15 is 0 Å². The Morgan fingerprint density at radius 3 is 2.30 bits per heavy atom. The maximum Gasteiger partial charge on any atom is 0.418 e. The lowest BCUT2D eigenvalue weighted by Gasteiger charge is -2.12. The van der Waals surface area contributed by atoms with E-state index < -0.39 is 11.7 Å². The van der Waals surface area contributed by atoms with Crippen molar-refractivity contribution in [3.63, 3.8) is 0 Å². The Morgan fingerprint density at radius 2 is 1.56 bits per heavy atom. The van der Waals surface area contributed by atoms with E-state index in [2.05, 4.69) is 15.0 Å². The van der Waals surface area contributed by atoms with Gasteiger partial charge in [-0.05, 0) is 24.3 Å². The quantitative estimate of drug-likeness (QED) is 0.560. The summed E-state index contributed by atoms with van der Waals surface area (Å²) in [4.78, 5) is 23.2. The number of nitrogens with one attached hydrogen (secondary N) is 1. The van der Waals surface area contributed by atoms with Crippen molar-refractivity contribution in [3.05, 3.63) is 82.8 Å². The van der Waals surface area contributed by atoms with Crippen molar-refractivity contribution in [2.75, 3.05) is 0 Å². The van der Waals surface area contributed by atoms with Crippen LogP contribution in [-0.4, -0.2) is 15.0 Å². The second kappa shape index (κ2) is 6.35. The maximum absolute atomic E-state index is 13.2. The molecule has 0 atom stereocenters. The van der Waals surface area contributed by atoms with Gasteiger partial charge in [-0.15, -0.1) is 0 Å². The molecular weight excluding hydrogens is 355 g/mol. The number of para-hydroxylation sites is 1. The molecule has 0 amide bonds. The molecule has 1 N–H and O–H groups in total. The molecule has 4 rings (SSSR count). The van der Waals surface area contributed by atoms with Crippen LogP contribution in [0.1, 0.15) is 5.56 Å². The van der Waals surface area contributed by atoms with Crippen molar-refractivity contribution in [1.29, 1.82) is 0 Å². The van der Waals surface area contributed by atoms with Crippen LogP contribution >= 0.6 is 0 Å². The molecule has 0 unspecified atom stereocenters. The number of rotatable bonds is 2. The van der Waals surface area contributed by atoms with Gasteiger partial charge in [0.05, 0.1) is 22.2 Å². The summed E-state index contributed by atoms with van der Waals surface area (Å²) in [6.45, 7) is 0. The van der Waals surface area contributed by atoms with E-state index in [-0.39, 0.29) is 11.3 Å². The summed E-state index contributed by atoms with van der Waals surface area (Å²) in [5, 5.41) is 0.473. The summed E-state index contributed by atoms with van der Waals surface area (Å²) in [6, 6.07) is 15.5. The van der Waals surface area contributed by atoms with Gasteiger partial charge in [-0.1, -0.05) is 36.4 Å². The smallest absolute Gasteiger partial charge is 0.306 e. The number of aromatic amines is 1. The van der Waals surface area contributed by atoms with Gasteiger partial charge in [0.2, 0.25) is 0 Å². The highest BCUT2D eigenvalue weighted by Gasteiger charge is 2.34. The largest absolute Gasteiger partial charge is 0.418 e. The molecule has 0 aliphatic carbocycles. The van der Waals surface area contributed by atoms with Gasteiger partial charge >= 0.3 is 6.18 Å². The van der Waals surface area contributed by atoms with Crippen LogP contribution in [-0.2, 0) is 6.18 Å². The molecule has 134 valence electrons. The summed E-state index contributed by atoms with van der Waals surface area (Å²) in [7, 11) is 0. The zero-order valence-corrected chi connectivity index (χ0v) is 13.8. The molecule has 0 bridgehead atoms. The number of nitrogens with zero attached hydrogens (tertiary/aromatic N) is 2. The second-order valence-electron chi connectivity index (χ2n) is 5.91. The van der Waals surface area contributed by atoms with Gasteiger partial charge in [-0.25, -0.2) is 4.98 Å². The summed E-state index contributed by atoms with van der Waals surface area (Å²) in [5.41, 5.74) is 0.251. The molecule has 4 nitrogen and oxygen atoms in total. The third-order valence-corrected chi connectivity index (χ3v) is 4.16. The Hall–Kier alpha value is -3.48. The Morgan fingerprint density at radius 1 is 0.852 bits per heavy atom. The van der Waals surface area contributed by atoms with Crippen molar-refractivity contribution in [2.24, 2.45) is 0 Å². The molecule has 0 radical (unpaired) electrons. The summed E-state index contributed by atoms with van der Waals surface area (Å²) in [6.07, 6.45) is -3.17. The standard InChI is InChI=1S/C20H12F3N3O/c21-20(22,23)15-5-3-11-24-17(15)12-7-9-13(10-8-12)18-25-16-6-2-1-4-14(16)19(27)26-18/h1-11H,(H,25,26,27). The van der Waals surface area contributed by atoms with Gasteiger partial charge in [0.1, 0.15) is 5.82 Å². The van der Waals surface area contributed by atoms with Crippen LogP contribution in [0.15, 0.2) is 71.7 Å². The zero-order chi connectivity index (χ0) is 19.0. The second-order valence-corrected chi connectivity index (χ2v) is 5.91. The van der Waals surface area contributed by atoms with E-state index in [0.717, 1.165) is 6.07 Å². The lowest BCUT2D eigenvalue weighted by atomic mass is 10.0. The third-order valence-electron chi connectivity index (χ3n) is 4.16. The van der Waals surface area contributed by atoms with Crippen LogP contribution in [0.25, 0.3) is 33.5 Å². The summed E-state index contributed by atoms with van der Waals surface area (Å²) < 4.78 is 39.5. The number of pyridine rings is 1. The van der Waals surface area contributed by atoms with Gasteiger partial charge in [0.25, 0.3) is 5.56 Å². The topological polar surface area (TPSA) is 58.6 Å². The normalized spacial score (nSPS) is 11.7. The van der Waals surface area contributed by atoms with E-state index in [1.807, 2.05) is 0 Å². The number of halogens is 3. The molecule has 2 aromatic heterocycles. The minimum atomic E-state index is -4.49. The van der Waals surface area contributed by atoms with Crippen molar-refractivity contribution in [3.8, 4) is 22.6 Å². The predicted molar refractivity (Wildman–Crippen MR) is 96.0 cm³/mol. The molecule has 4 aromatic rings. The highest BCUT2D eigenvalue weighted by molar-refractivity contribution is 5.79. The first-order valence-corrected chi connectivity index (χ1v) is 8.05. The maximum atomic E-state index is 13.2. The Kier molecular flexibility index (Phi) is 3.99. The summed E-state index contributed by atoms with van der Waals surface area (Å²) >= 11 is 0. The molecule has 0 spiro atoms. The van der Waals surface area contributed by atoms with Crippen LogP contribution in [0, 0.1) is 0 Å². The fourth-order valence-electron chi connectivity index (χ4n) is 2.87. The van der Waals surface area contributed by atoms with Crippen molar-refractivity contribution < 1.29 is 13.2 Å². The first-order chi connectivity index (χ1) is 12.9. The molecule has 7 heteroatoms. The monoisotopic (exact) mass is 367 g/mol. The van der Waals surface area contributed by atoms with E-state index in [1.54, 1.807) is 36.4 Å². The average Bonchev–Trinajstić information content (AvgIpc) is 2.67. The first-order valence-electron chi connectivity index (χ1n) is 8.05. The molecule has 27 heavy (non-hydrogen) atoms. The molecule has 0 fully saturated rings. The average molecular weight is 367 g/mol. The van der Waals surface area contributed by atoms with Gasteiger partial charge < -0.3 is 4.98 Å². The lowest BCUT2D eigenvalue weighted by Crippen LogP contribution is -2.09. The van der Waals surface area contributed by atoms with Gasteiger partial charge in [-0.3, -0.25) is 9.78 Å². The van der Waals surface area contributed by atoms with Crippen LogP contribution in [0.5, 0.6) is 0 Å². The number of fused-ring (bicyclic) bond motifs is 1. The number of hydrogen-bond acceptors (Lipinski definition) is 3. The minimum Gasteiger partial charge on any atom is -0.306 e. The molecule has 0 saturated heterocycles. The SMILES string of the molecule is O=c1[nH]c(-c2ccc(-c3ncccc3C(F)(F)F)cc2)nc2ccccc12. The van der Waals surface area contributed by atoms with Crippen molar-refractivity contribution in [1.82, 2.24) is 15.0 Å². The molecular formula is C20H12F3N3O. The van der Waals surface area contributed by atoms with Crippen LogP contribution in [0.3, 0.4) is 0 Å². The lowest BCUT2D eigenvalue weighted by molar-refractivity contribution is -0.137. The highest BCUT2D eigenvalue weighted by atomic mass is 19.4. The predicted octanol–water partition coefficient (Wildman–Crippen LogP) is 4.67. The number of H-pyrrole nitrogens is 1. The van der Waals surface area contributed by atoms with Crippen molar-refractivity contribution >= 4 is 10.9 Å². The zero-order valence-electron chi connectivity index (χ0n) is 13.8. The number of alkyl halides is 3. The third kappa shape index (κ3) is 3.19. The molecule has 2 heterocycles. The Labute approximate surface area is 151 Å². The summed E-state index contributed by atoms with van der Waals surface area (Å²) in [5.74, 6) is 0.349. The Bertz CT molecular complexity index is 1180. The molecule has 0 aliphatic rings. The van der Waals surface area contributed by atoms with Crippen LogP contribution in [0.2, 0.25) is 0 Å². The number of hydrogen-bond donors (Lipinski definition) is 1. The first kappa shape index (κ1) is 17.0. The van der Waals surface area contributed by atoms with Gasteiger partial charge in [0.15, 0.2) is 0 Å². The van der Waals surface area contributed by atoms with Crippen LogP contribution in [0.4, 0.5) is 13.2 Å². The fourth-order valence-corrected chi connectivity index (χ4v) is 2.87. The van der Waals surface area contributed by atoms with E-state index in [1.165, 1.54) is 24.4 Å². The van der Waals surface area contributed by atoms with Crippen LogP contribution < -0.4 is 5.56 Å². The van der Waals surface area contributed by atoms with E-state index in [0.29, 0.717) is 27.9 Å².